The second-order valence-corrected chi connectivity index (χ2v) is 9.04. The van der Waals surface area contributed by atoms with Crippen molar-refractivity contribution in [2.24, 2.45) is 5.92 Å². The molecule has 3 heterocycles. The van der Waals surface area contributed by atoms with Crippen molar-refractivity contribution in [3.8, 4) is 0 Å². The first kappa shape index (κ1) is 20.5. The van der Waals surface area contributed by atoms with E-state index in [1.807, 2.05) is 13.8 Å². The molecule has 0 radical (unpaired) electrons. The first-order valence-corrected chi connectivity index (χ1v) is 10.6. The first-order chi connectivity index (χ1) is 13.2. The van der Waals surface area contributed by atoms with Crippen molar-refractivity contribution >= 4 is 16.0 Å². The van der Waals surface area contributed by atoms with E-state index in [0.717, 1.165) is 0 Å². The molecule has 1 aliphatic rings. The van der Waals surface area contributed by atoms with Crippen molar-refractivity contribution in [3.05, 3.63) is 23.2 Å². The Morgan fingerprint density at radius 1 is 1.29 bits per heavy atom. The van der Waals surface area contributed by atoms with Gasteiger partial charge in [0, 0.05) is 19.0 Å². The lowest BCUT2D eigenvalue weighted by Gasteiger charge is -2.30. The fraction of sp³-hybridized carbons (Fsp3) is 0.647. The molecule has 1 aliphatic heterocycles. The highest BCUT2D eigenvalue weighted by atomic mass is 32.2. The lowest BCUT2D eigenvalue weighted by Crippen LogP contribution is -2.43. The molecule has 1 saturated heterocycles. The smallest absolute Gasteiger partial charge is 0.310 e. The molecule has 1 fully saturated rings. The summed E-state index contributed by atoms with van der Waals surface area (Å²) in [6.07, 6.45) is 1.11. The lowest BCUT2D eigenvalue weighted by atomic mass is 10.0. The van der Waals surface area contributed by atoms with E-state index in [9.17, 15) is 13.2 Å². The largest absolute Gasteiger partial charge is 0.455 e. The molecule has 1 unspecified atom stereocenters. The van der Waals surface area contributed by atoms with Crippen molar-refractivity contribution in [3.63, 3.8) is 0 Å². The maximum Gasteiger partial charge on any atom is 0.310 e. The number of rotatable bonds is 6. The van der Waals surface area contributed by atoms with Crippen LogP contribution in [-0.2, 0) is 26.2 Å². The predicted molar refractivity (Wildman–Crippen MR) is 95.6 cm³/mol. The van der Waals surface area contributed by atoms with Gasteiger partial charge in [-0.2, -0.15) is 9.29 Å². The summed E-state index contributed by atoms with van der Waals surface area (Å²) in [4.78, 5) is 16.7. The minimum absolute atomic E-state index is 0.0479. The van der Waals surface area contributed by atoms with Gasteiger partial charge >= 0.3 is 5.97 Å². The summed E-state index contributed by atoms with van der Waals surface area (Å²) in [5, 5.41) is 7.53. The number of piperidine rings is 1. The standard InChI is InChI=1S/C17H24N4O6S/c1-10(2)16-18-14(27-20-16)9-25-17(22)13-6-5-7-21(8-13)28(23,24)15-11(3)19-26-12(15)4/h10,13H,5-9H2,1-4H3. The third-order valence-corrected chi connectivity index (χ3v) is 6.73. The number of ether oxygens (including phenoxy) is 1. The maximum atomic E-state index is 12.9. The highest BCUT2D eigenvalue weighted by molar-refractivity contribution is 7.89. The molecule has 154 valence electrons. The van der Waals surface area contributed by atoms with Crippen molar-refractivity contribution in [2.75, 3.05) is 13.1 Å². The van der Waals surface area contributed by atoms with Crippen LogP contribution in [0.2, 0.25) is 0 Å². The molecule has 0 spiro atoms. The van der Waals surface area contributed by atoms with Crippen LogP contribution < -0.4 is 0 Å². The van der Waals surface area contributed by atoms with Gasteiger partial charge in [-0.1, -0.05) is 24.2 Å². The molecule has 3 rings (SSSR count). The fourth-order valence-corrected chi connectivity index (χ4v) is 4.95. The number of esters is 1. The summed E-state index contributed by atoms with van der Waals surface area (Å²) in [6, 6.07) is 0. The predicted octanol–water partition coefficient (Wildman–Crippen LogP) is 1.94. The van der Waals surface area contributed by atoms with Gasteiger partial charge in [0.1, 0.15) is 10.6 Å². The number of aryl methyl sites for hydroxylation is 2. The Hall–Kier alpha value is -2.27. The highest BCUT2D eigenvalue weighted by Gasteiger charge is 2.37. The van der Waals surface area contributed by atoms with Crippen LogP contribution in [0.1, 0.15) is 55.8 Å². The molecule has 0 bridgehead atoms. The summed E-state index contributed by atoms with van der Waals surface area (Å²) >= 11 is 0. The normalized spacial score (nSPS) is 18.5. The molecule has 0 aliphatic carbocycles. The monoisotopic (exact) mass is 412 g/mol. The minimum Gasteiger partial charge on any atom is -0.455 e. The van der Waals surface area contributed by atoms with Gasteiger partial charge in [0.2, 0.25) is 10.0 Å². The van der Waals surface area contributed by atoms with E-state index < -0.39 is 21.9 Å². The van der Waals surface area contributed by atoms with Gasteiger partial charge in [0.05, 0.1) is 5.92 Å². The first-order valence-electron chi connectivity index (χ1n) is 9.12. The van der Waals surface area contributed by atoms with E-state index in [1.165, 1.54) is 4.31 Å². The zero-order valence-corrected chi connectivity index (χ0v) is 17.2. The van der Waals surface area contributed by atoms with Gasteiger partial charge in [-0.3, -0.25) is 4.79 Å². The van der Waals surface area contributed by atoms with Gasteiger partial charge in [-0.05, 0) is 26.7 Å². The third kappa shape index (κ3) is 4.09. The third-order valence-electron chi connectivity index (χ3n) is 4.62. The molecule has 10 nitrogen and oxygen atoms in total. The number of hydrogen-bond donors (Lipinski definition) is 0. The molecule has 28 heavy (non-hydrogen) atoms. The molecular formula is C17H24N4O6S. The molecule has 0 amide bonds. The van der Waals surface area contributed by atoms with Gasteiger partial charge < -0.3 is 13.8 Å². The molecule has 11 heteroatoms. The number of carbonyl (C=O) groups is 1. The second-order valence-electron chi connectivity index (χ2n) is 7.16. The Balaban J connectivity index is 1.64. The number of carbonyl (C=O) groups excluding carboxylic acids is 1. The zero-order chi connectivity index (χ0) is 20.5. The van der Waals surface area contributed by atoms with E-state index in [2.05, 4.69) is 15.3 Å². The van der Waals surface area contributed by atoms with Gasteiger partial charge in [-0.25, -0.2) is 8.42 Å². The van der Waals surface area contributed by atoms with Gasteiger partial charge in [-0.15, -0.1) is 0 Å². The molecule has 0 aromatic carbocycles. The van der Waals surface area contributed by atoms with Gasteiger partial charge in [0.15, 0.2) is 18.2 Å². The molecular weight excluding hydrogens is 388 g/mol. The van der Waals surface area contributed by atoms with Crippen molar-refractivity contribution in [1.29, 1.82) is 0 Å². The van der Waals surface area contributed by atoms with Crippen LogP contribution in [-0.4, -0.2) is 47.1 Å². The van der Waals surface area contributed by atoms with E-state index in [-0.39, 0.29) is 35.6 Å². The molecule has 0 saturated carbocycles. The van der Waals surface area contributed by atoms with Crippen molar-refractivity contribution < 1.29 is 27.0 Å². The van der Waals surface area contributed by atoms with Crippen LogP contribution in [0.3, 0.4) is 0 Å². The number of nitrogens with zero attached hydrogens (tertiary/aromatic N) is 4. The van der Waals surface area contributed by atoms with Crippen LogP contribution in [0.15, 0.2) is 13.9 Å². The van der Waals surface area contributed by atoms with Gasteiger partial charge in [0.25, 0.3) is 5.89 Å². The number of sulfonamides is 1. The molecule has 0 N–H and O–H groups in total. The Morgan fingerprint density at radius 3 is 2.64 bits per heavy atom. The second kappa shape index (κ2) is 8.00. The molecule has 1 atom stereocenters. The number of aromatic nitrogens is 3. The fourth-order valence-electron chi connectivity index (χ4n) is 3.14. The topological polar surface area (TPSA) is 129 Å². The van der Waals surface area contributed by atoms with Crippen LogP contribution in [0.5, 0.6) is 0 Å². The van der Waals surface area contributed by atoms with Crippen LogP contribution in [0.25, 0.3) is 0 Å². The van der Waals surface area contributed by atoms with Crippen LogP contribution in [0.4, 0.5) is 0 Å². The zero-order valence-electron chi connectivity index (χ0n) is 16.3. The Labute approximate surface area is 163 Å². The van der Waals surface area contributed by atoms with E-state index in [4.69, 9.17) is 13.8 Å². The van der Waals surface area contributed by atoms with E-state index in [0.29, 0.717) is 30.9 Å². The Kier molecular flexibility index (Phi) is 5.84. The number of hydrogen-bond acceptors (Lipinski definition) is 9. The van der Waals surface area contributed by atoms with E-state index in [1.54, 1.807) is 13.8 Å². The Morgan fingerprint density at radius 2 is 2.04 bits per heavy atom. The molecule has 2 aromatic rings. The maximum absolute atomic E-state index is 12.9. The summed E-state index contributed by atoms with van der Waals surface area (Å²) in [5.41, 5.74) is 0.305. The van der Waals surface area contributed by atoms with E-state index >= 15 is 0 Å². The van der Waals surface area contributed by atoms with Crippen molar-refractivity contribution in [2.45, 2.75) is 58.0 Å². The van der Waals surface area contributed by atoms with Crippen LogP contribution >= 0.6 is 0 Å². The summed E-state index contributed by atoms with van der Waals surface area (Å²) in [7, 11) is -3.79. The average Bonchev–Trinajstić information content (AvgIpc) is 3.26. The SMILES string of the molecule is Cc1noc(C)c1S(=O)(=O)N1CCCC(C(=O)OCc2nc(C(C)C)no2)C1. The quantitative estimate of drug-likeness (QED) is 0.653. The Bertz CT molecular complexity index is 929. The summed E-state index contributed by atoms with van der Waals surface area (Å²) < 4.78 is 42.5. The summed E-state index contributed by atoms with van der Waals surface area (Å²) in [5.74, 6) is 0.0575. The van der Waals surface area contributed by atoms with Crippen molar-refractivity contribution in [1.82, 2.24) is 19.6 Å². The highest BCUT2D eigenvalue weighted by Crippen LogP contribution is 2.28. The molecule has 2 aromatic heterocycles. The van der Waals surface area contributed by atoms with Crippen LogP contribution in [0, 0.1) is 19.8 Å². The lowest BCUT2D eigenvalue weighted by molar-refractivity contribution is -0.151. The minimum atomic E-state index is -3.79. The average molecular weight is 412 g/mol. The summed E-state index contributed by atoms with van der Waals surface area (Å²) in [6.45, 7) is 7.23.